The van der Waals surface area contributed by atoms with Crippen LogP contribution in [0.5, 0.6) is 46.0 Å². The summed E-state index contributed by atoms with van der Waals surface area (Å²) in [5, 5.41) is 27.8. The molecular weight excluding hydrogens is 1740 g/mol. The van der Waals surface area contributed by atoms with Gasteiger partial charge in [-0.25, -0.2) is 35.1 Å². The molecule has 0 spiro atoms. The first-order chi connectivity index (χ1) is 66.0. The molecule has 0 amide bonds. The Hall–Kier alpha value is -13.4. The maximum atomic E-state index is 13.9. The molecule has 7 unspecified atom stereocenters. The molecule has 23 heteroatoms. The summed E-state index contributed by atoms with van der Waals surface area (Å²) in [6, 6.07) is 98.1. The van der Waals surface area contributed by atoms with Gasteiger partial charge < -0.3 is 77.5 Å². The third-order valence-corrected chi connectivity index (χ3v) is 22.3. The van der Waals surface area contributed by atoms with Gasteiger partial charge in [0.25, 0.3) is 0 Å². The SMILES string of the molecule is CNCCC(Oc1ccccc1C)c1ccccc1.CNCCC(c1cccc(F)c1)c1ccc(O)c(F)c1.CNCCC(c1cccc(F)c1)c1ccc(OC)c(F)c1.COc1ccc(C(CCN)c2cccc(F)c2)cc1F.COc1ccccc1OC(CCN)c1ccccc1.Cc1ccccc1OC(CCN)c1ccccc1.NCCC(c1cccc(F)c1)c1ccc(O)c(F)c1. The number of hydrogen-bond acceptors (Lipinski definition) is 15. The number of methoxy groups -OCH3 is 3. The summed E-state index contributed by atoms with van der Waals surface area (Å²) in [4.78, 5) is 0. The molecule has 0 bridgehead atoms. The van der Waals surface area contributed by atoms with Gasteiger partial charge in [-0.1, -0.05) is 212 Å². The molecule has 14 aromatic rings. The monoisotopic (exact) mass is 1860 g/mol. The van der Waals surface area contributed by atoms with Crippen molar-refractivity contribution in [3.63, 3.8) is 0 Å². The van der Waals surface area contributed by atoms with Crippen LogP contribution in [0.4, 0.5) is 35.1 Å². The van der Waals surface area contributed by atoms with Crippen LogP contribution in [0.3, 0.4) is 0 Å². The molecule has 0 aliphatic carbocycles. The number of rotatable bonds is 37. The fraction of sp³-hybridized carbons (Fsp3) is 0.257. The third-order valence-electron chi connectivity index (χ3n) is 22.3. The summed E-state index contributed by atoms with van der Waals surface area (Å²) in [6.45, 7) is 8.60. The number of phenolic OH excluding ortho intramolecular Hbond substituents is 2. The molecule has 0 aromatic heterocycles. The minimum Gasteiger partial charge on any atom is -0.505 e. The molecule has 0 saturated heterocycles. The van der Waals surface area contributed by atoms with Crippen LogP contribution >= 0.6 is 0 Å². The number of phenols is 2. The number of aryl methyl sites for hydroxylation is 2. The maximum absolute atomic E-state index is 13.9. The normalized spacial score (nSPS) is 12.2. The Morgan fingerprint density at radius 2 is 0.493 bits per heavy atom. The van der Waals surface area contributed by atoms with E-state index in [1.165, 1.54) is 116 Å². The number of nitrogens with two attached hydrogens (primary N) is 4. The summed E-state index contributed by atoms with van der Waals surface area (Å²) in [6.07, 6.45) is 5.27. The standard InChI is InChI=1S/C17H19F2NO.C17H21NO.2C16H17F2NO.C16H19NO2.C16H19NO.C15H15F2NO/c1-20-9-8-15(12-4-3-5-14(18)10-12)13-6-7-17(21-2)16(19)11-13;1-14-8-6-7-11-16(14)19-17(12-13-18-2)15-9-4-3-5-10-15;1-20-16-6-5-12(10-15(16)18)14(7-8-19)11-3-2-4-13(17)9-11;1-19-8-7-14(11-3-2-4-13(17)9-11)12-5-6-16(20)15(18)10-12;1-18-15-9-5-6-10-16(15)19-14(11-12-17)13-7-3-2-4-8-13;1-13-7-5-6-10-15(13)18-16(11-12-17)14-8-3-2-4-9-14;16-12-3-1-2-10(8-12)13(6-7-18)11-4-5-15(19)14(17)9-11/h3-7,10-11,15,20H,8-9H2,1-2H3;3-11,17-18H,12-13H2,1-2H3;2-6,9-10,14H,7-8,19H2,1H3;2-6,9-10,14,19-20H,7-8H2,1H3;2-10,14H,11-12,17H2,1H3;2-10,16H,11-12,17H2,1H3;1-5,8-9,13,19H,6-7,18H2. The van der Waals surface area contributed by atoms with Crippen LogP contribution in [-0.2, 0) is 0 Å². The van der Waals surface area contributed by atoms with Crippen molar-refractivity contribution in [1.29, 1.82) is 0 Å². The molecule has 0 aliphatic heterocycles. The van der Waals surface area contributed by atoms with Crippen LogP contribution in [0.2, 0.25) is 0 Å². The second-order valence-corrected chi connectivity index (χ2v) is 31.9. The molecule has 13 N–H and O–H groups in total. The second kappa shape index (κ2) is 59.4. The molecule has 14 aromatic carbocycles. The Balaban J connectivity index is 0.000000195. The Morgan fingerprint density at radius 3 is 0.779 bits per heavy atom. The van der Waals surface area contributed by atoms with Crippen LogP contribution in [-0.4, -0.2) is 98.5 Å². The van der Waals surface area contributed by atoms with Gasteiger partial charge in [0.05, 0.1) is 21.3 Å². The van der Waals surface area contributed by atoms with E-state index in [0.29, 0.717) is 51.0 Å². The van der Waals surface area contributed by atoms with Gasteiger partial charge in [0, 0.05) is 42.9 Å². The zero-order valence-corrected chi connectivity index (χ0v) is 78.4. The van der Waals surface area contributed by atoms with Crippen LogP contribution in [0, 0.1) is 60.4 Å². The van der Waals surface area contributed by atoms with Crippen LogP contribution in [0.1, 0.15) is 159 Å². The van der Waals surface area contributed by atoms with E-state index in [0.717, 1.165) is 118 Å². The molecule has 0 fully saturated rings. The van der Waals surface area contributed by atoms with E-state index in [1.54, 1.807) is 67.8 Å². The molecule has 0 heterocycles. The van der Waals surface area contributed by atoms with Crippen LogP contribution in [0.15, 0.2) is 334 Å². The number of halogens is 8. The highest BCUT2D eigenvalue weighted by Crippen LogP contribution is 2.38. The van der Waals surface area contributed by atoms with Crippen molar-refractivity contribution in [3.8, 4) is 46.0 Å². The first-order valence-corrected chi connectivity index (χ1v) is 45.3. The van der Waals surface area contributed by atoms with E-state index in [9.17, 15) is 45.3 Å². The van der Waals surface area contributed by atoms with E-state index >= 15 is 0 Å². The van der Waals surface area contributed by atoms with E-state index < -0.39 is 29.0 Å². The van der Waals surface area contributed by atoms with Crippen LogP contribution in [0.25, 0.3) is 0 Å². The Morgan fingerprint density at radius 1 is 0.243 bits per heavy atom. The summed E-state index contributed by atoms with van der Waals surface area (Å²) < 4.78 is 142. The summed E-state index contributed by atoms with van der Waals surface area (Å²) in [5.74, 6) is -0.883. The van der Waals surface area contributed by atoms with Gasteiger partial charge in [-0.2, -0.15) is 0 Å². The molecule has 0 aliphatic rings. The quantitative estimate of drug-likeness (QED) is 0.0165. The van der Waals surface area contributed by atoms with E-state index in [1.807, 2.05) is 149 Å². The van der Waals surface area contributed by atoms with E-state index in [2.05, 4.69) is 90.5 Å². The molecule has 0 radical (unpaired) electrons. The number of ether oxygens (including phenoxy) is 6. The predicted octanol–water partition coefficient (Wildman–Crippen LogP) is 24.1. The average Bonchev–Trinajstić information content (AvgIpc) is 0.816. The molecular formula is C113H127F8N7O8. The lowest BCUT2D eigenvalue weighted by molar-refractivity contribution is 0.189. The van der Waals surface area contributed by atoms with Gasteiger partial charge in [0.2, 0.25) is 0 Å². The van der Waals surface area contributed by atoms with Gasteiger partial charge in [-0.05, 0) is 300 Å². The topological polar surface area (TPSA) is 236 Å². The van der Waals surface area contributed by atoms with Crippen molar-refractivity contribution in [2.24, 2.45) is 22.9 Å². The number of benzene rings is 14. The summed E-state index contributed by atoms with van der Waals surface area (Å²) in [5.41, 5.74) is 34.5. The zero-order chi connectivity index (χ0) is 97.9. The lowest BCUT2D eigenvalue weighted by Gasteiger charge is -2.20. The summed E-state index contributed by atoms with van der Waals surface area (Å²) >= 11 is 0. The van der Waals surface area contributed by atoms with Gasteiger partial charge in [-0.3, -0.25) is 0 Å². The molecule has 15 nitrogen and oxygen atoms in total. The first kappa shape index (κ1) is 108. The Kier molecular flexibility index (Phi) is 47.2. The Labute approximate surface area is 795 Å². The van der Waals surface area contributed by atoms with E-state index in [4.69, 9.17) is 51.4 Å². The fourth-order valence-electron chi connectivity index (χ4n) is 15.2. The minimum atomic E-state index is -0.684. The van der Waals surface area contributed by atoms with Gasteiger partial charge in [0.15, 0.2) is 57.8 Å². The number of aromatic hydroxyl groups is 2. The number of para-hydroxylation sites is 4. The zero-order valence-electron chi connectivity index (χ0n) is 78.4. The van der Waals surface area contributed by atoms with Gasteiger partial charge in [-0.15, -0.1) is 0 Å². The van der Waals surface area contributed by atoms with Crippen molar-refractivity contribution >= 4 is 0 Å². The van der Waals surface area contributed by atoms with Crippen molar-refractivity contribution in [2.45, 2.75) is 101 Å². The molecule has 718 valence electrons. The third kappa shape index (κ3) is 35.2. The second-order valence-electron chi connectivity index (χ2n) is 31.9. The number of nitrogens with one attached hydrogen (secondary N) is 3. The van der Waals surface area contributed by atoms with E-state index in [-0.39, 0.29) is 82.5 Å². The van der Waals surface area contributed by atoms with Crippen molar-refractivity contribution in [3.05, 3.63) is 453 Å². The molecule has 7 atom stereocenters. The largest absolute Gasteiger partial charge is 0.505 e. The van der Waals surface area contributed by atoms with Crippen molar-refractivity contribution in [2.75, 3.05) is 88.3 Å². The van der Waals surface area contributed by atoms with Gasteiger partial charge in [0.1, 0.15) is 53.1 Å². The highest BCUT2D eigenvalue weighted by atomic mass is 19.2. The molecule has 0 saturated carbocycles. The maximum Gasteiger partial charge on any atom is 0.165 e. The minimum absolute atomic E-state index is 0.0253. The lowest BCUT2D eigenvalue weighted by Crippen LogP contribution is -2.16. The average molecular weight is 1860 g/mol. The molecule has 136 heavy (non-hydrogen) atoms. The summed E-state index contributed by atoms with van der Waals surface area (Å²) in [7, 11) is 10.2. The highest BCUT2D eigenvalue weighted by molar-refractivity contribution is 5.44. The van der Waals surface area contributed by atoms with Crippen LogP contribution < -0.4 is 67.3 Å². The first-order valence-electron chi connectivity index (χ1n) is 45.3. The predicted molar refractivity (Wildman–Crippen MR) is 530 cm³/mol. The smallest absolute Gasteiger partial charge is 0.165 e. The fourth-order valence-corrected chi connectivity index (χ4v) is 15.2. The van der Waals surface area contributed by atoms with Gasteiger partial charge >= 0.3 is 0 Å². The lowest BCUT2D eigenvalue weighted by atomic mass is 9.88. The highest BCUT2D eigenvalue weighted by Gasteiger charge is 2.24. The molecule has 14 rings (SSSR count). The number of hydrogen-bond donors (Lipinski definition) is 9. The van der Waals surface area contributed by atoms with Crippen molar-refractivity contribution < 1.29 is 73.8 Å². The Bertz CT molecular complexity index is 5800. The van der Waals surface area contributed by atoms with Crippen molar-refractivity contribution in [1.82, 2.24) is 16.0 Å².